The Morgan fingerprint density at radius 3 is 2.24 bits per heavy atom. The van der Waals surface area contributed by atoms with Crippen molar-refractivity contribution in [2.24, 2.45) is 0 Å². The molecule has 6 heteroatoms. The molecular weight excluding hydrogens is 365 g/mol. The number of rotatable bonds is 4. The molecule has 0 unspecified atom stereocenters. The second-order valence-corrected chi connectivity index (χ2v) is 7.59. The SMILES string of the molecule is Cc1ccc(C)c(Nc2cc(C)nc(N3CCN(c4ccc(F)cc4)CC3)n2)c1. The van der Waals surface area contributed by atoms with Crippen LogP contribution in [0, 0.1) is 26.6 Å². The van der Waals surface area contributed by atoms with Gasteiger partial charge < -0.3 is 15.1 Å². The minimum absolute atomic E-state index is 0.204. The maximum absolute atomic E-state index is 13.2. The van der Waals surface area contributed by atoms with Crippen LogP contribution < -0.4 is 15.1 Å². The van der Waals surface area contributed by atoms with Crippen LogP contribution in [0.4, 0.5) is 27.5 Å². The van der Waals surface area contributed by atoms with Crippen molar-refractivity contribution in [3.05, 3.63) is 71.2 Å². The highest BCUT2D eigenvalue weighted by molar-refractivity contribution is 5.62. The highest BCUT2D eigenvalue weighted by Gasteiger charge is 2.20. The van der Waals surface area contributed by atoms with Gasteiger partial charge in [0.2, 0.25) is 5.95 Å². The number of halogens is 1. The molecule has 0 atom stereocenters. The number of anilines is 4. The fourth-order valence-corrected chi connectivity index (χ4v) is 3.58. The summed E-state index contributed by atoms with van der Waals surface area (Å²) in [5.41, 5.74) is 5.44. The molecule has 2 aromatic carbocycles. The molecule has 0 saturated carbocycles. The third-order valence-corrected chi connectivity index (χ3v) is 5.25. The van der Waals surface area contributed by atoms with Crippen LogP contribution in [-0.2, 0) is 0 Å². The van der Waals surface area contributed by atoms with E-state index in [0.717, 1.165) is 55.0 Å². The van der Waals surface area contributed by atoms with Gasteiger partial charge in [-0.25, -0.2) is 9.37 Å². The van der Waals surface area contributed by atoms with Crippen LogP contribution in [0.3, 0.4) is 0 Å². The number of benzene rings is 2. The summed E-state index contributed by atoms with van der Waals surface area (Å²) in [4.78, 5) is 13.9. The molecular formula is C23H26FN5. The van der Waals surface area contributed by atoms with Crippen LogP contribution in [0.15, 0.2) is 48.5 Å². The molecule has 0 aliphatic carbocycles. The van der Waals surface area contributed by atoms with Gasteiger partial charge in [-0.05, 0) is 62.2 Å². The third-order valence-electron chi connectivity index (χ3n) is 5.25. The maximum Gasteiger partial charge on any atom is 0.227 e. The second kappa shape index (κ2) is 8.07. The van der Waals surface area contributed by atoms with E-state index in [0.29, 0.717) is 0 Å². The predicted molar refractivity (Wildman–Crippen MR) is 117 cm³/mol. The molecule has 1 saturated heterocycles. The van der Waals surface area contributed by atoms with Crippen molar-refractivity contribution >= 4 is 23.1 Å². The molecule has 1 aliphatic rings. The van der Waals surface area contributed by atoms with Crippen LogP contribution in [0.5, 0.6) is 0 Å². The van der Waals surface area contributed by atoms with Gasteiger partial charge >= 0.3 is 0 Å². The van der Waals surface area contributed by atoms with Crippen molar-refractivity contribution in [2.45, 2.75) is 20.8 Å². The Bertz CT molecular complexity index is 995. The summed E-state index contributed by atoms with van der Waals surface area (Å²) >= 11 is 0. The zero-order chi connectivity index (χ0) is 20.4. The molecule has 3 aromatic rings. The summed E-state index contributed by atoms with van der Waals surface area (Å²) in [6.45, 7) is 9.51. The van der Waals surface area contributed by atoms with E-state index in [9.17, 15) is 4.39 Å². The van der Waals surface area contributed by atoms with Gasteiger partial charge in [-0.3, -0.25) is 0 Å². The van der Waals surface area contributed by atoms with E-state index >= 15 is 0 Å². The van der Waals surface area contributed by atoms with Crippen molar-refractivity contribution in [1.82, 2.24) is 9.97 Å². The summed E-state index contributed by atoms with van der Waals surface area (Å²) in [6.07, 6.45) is 0. The number of hydrogen-bond donors (Lipinski definition) is 1. The van der Waals surface area contributed by atoms with Gasteiger partial charge in [0.15, 0.2) is 0 Å². The lowest BCUT2D eigenvalue weighted by atomic mass is 10.1. The van der Waals surface area contributed by atoms with Crippen molar-refractivity contribution in [3.8, 4) is 0 Å². The molecule has 0 spiro atoms. The van der Waals surface area contributed by atoms with E-state index in [4.69, 9.17) is 4.98 Å². The van der Waals surface area contributed by atoms with E-state index in [2.05, 4.69) is 52.1 Å². The smallest absolute Gasteiger partial charge is 0.227 e. The highest BCUT2D eigenvalue weighted by Crippen LogP contribution is 2.24. The first-order valence-corrected chi connectivity index (χ1v) is 9.93. The molecule has 29 heavy (non-hydrogen) atoms. The van der Waals surface area contributed by atoms with E-state index in [1.807, 2.05) is 25.1 Å². The first kappa shape index (κ1) is 19.2. The zero-order valence-electron chi connectivity index (χ0n) is 17.1. The summed E-state index contributed by atoms with van der Waals surface area (Å²) in [7, 11) is 0. The summed E-state index contributed by atoms with van der Waals surface area (Å²) in [5.74, 6) is 1.35. The Hall–Kier alpha value is -3.15. The molecule has 1 fully saturated rings. The number of piperazine rings is 1. The zero-order valence-corrected chi connectivity index (χ0v) is 17.1. The topological polar surface area (TPSA) is 44.3 Å². The lowest BCUT2D eigenvalue weighted by Crippen LogP contribution is -2.47. The first-order chi connectivity index (χ1) is 14.0. The Kier molecular flexibility index (Phi) is 5.34. The minimum atomic E-state index is -0.204. The fraction of sp³-hybridized carbons (Fsp3) is 0.304. The molecule has 0 amide bonds. The van der Waals surface area contributed by atoms with Gasteiger partial charge in [-0.1, -0.05) is 12.1 Å². The second-order valence-electron chi connectivity index (χ2n) is 7.59. The minimum Gasteiger partial charge on any atom is -0.368 e. The average molecular weight is 391 g/mol. The van der Waals surface area contributed by atoms with Crippen molar-refractivity contribution in [2.75, 3.05) is 41.3 Å². The lowest BCUT2D eigenvalue weighted by molar-refractivity contribution is 0.623. The Labute approximate surface area is 171 Å². The van der Waals surface area contributed by atoms with Gasteiger partial charge in [-0.2, -0.15) is 4.98 Å². The Balaban J connectivity index is 1.48. The first-order valence-electron chi connectivity index (χ1n) is 9.93. The summed E-state index contributed by atoms with van der Waals surface area (Å²) < 4.78 is 13.2. The number of aromatic nitrogens is 2. The Morgan fingerprint density at radius 2 is 1.52 bits per heavy atom. The van der Waals surface area contributed by atoms with Gasteiger partial charge in [0.05, 0.1) is 0 Å². The monoisotopic (exact) mass is 391 g/mol. The van der Waals surface area contributed by atoms with E-state index < -0.39 is 0 Å². The van der Waals surface area contributed by atoms with Crippen LogP contribution in [0.25, 0.3) is 0 Å². The molecule has 5 nitrogen and oxygen atoms in total. The number of hydrogen-bond acceptors (Lipinski definition) is 5. The quantitative estimate of drug-likeness (QED) is 0.704. The largest absolute Gasteiger partial charge is 0.368 e. The molecule has 1 N–H and O–H groups in total. The van der Waals surface area contributed by atoms with Crippen molar-refractivity contribution in [1.29, 1.82) is 0 Å². The third kappa shape index (κ3) is 4.47. The highest BCUT2D eigenvalue weighted by atomic mass is 19.1. The maximum atomic E-state index is 13.2. The van der Waals surface area contributed by atoms with Crippen molar-refractivity contribution < 1.29 is 4.39 Å². The normalized spacial score (nSPS) is 14.2. The predicted octanol–water partition coefficient (Wildman–Crippen LogP) is 4.61. The van der Waals surface area contributed by atoms with E-state index in [1.54, 1.807) is 0 Å². The Morgan fingerprint density at radius 1 is 0.828 bits per heavy atom. The van der Waals surface area contributed by atoms with Gasteiger partial charge in [-0.15, -0.1) is 0 Å². The van der Waals surface area contributed by atoms with Gasteiger partial charge in [0.1, 0.15) is 11.6 Å². The molecule has 0 radical (unpaired) electrons. The molecule has 0 bridgehead atoms. The number of aryl methyl sites for hydroxylation is 3. The molecule has 150 valence electrons. The van der Waals surface area contributed by atoms with E-state index in [-0.39, 0.29) is 5.82 Å². The summed E-state index contributed by atoms with van der Waals surface area (Å²) in [6, 6.07) is 15.0. The van der Waals surface area contributed by atoms with Crippen molar-refractivity contribution in [3.63, 3.8) is 0 Å². The van der Waals surface area contributed by atoms with Crippen LogP contribution >= 0.6 is 0 Å². The lowest BCUT2D eigenvalue weighted by Gasteiger charge is -2.36. The number of nitrogens with one attached hydrogen (secondary N) is 1. The van der Waals surface area contributed by atoms with Crippen LogP contribution in [-0.4, -0.2) is 36.1 Å². The van der Waals surface area contributed by atoms with Crippen LogP contribution in [0.2, 0.25) is 0 Å². The molecule has 2 heterocycles. The number of nitrogens with zero attached hydrogens (tertiary/aromatic N) is 4. The average Bonchev–Trinajstić information content (AvgIpc) is 2.71. The van der Waals surface area contributed by atoms with E-state index in [1.165, 1.54) is 23.3 Å². The molecule has 4 rings (SSSR count). The molecule has 1 aliphatic heterocycles. The van der Waals surface area contributed by atoms with Gasteiger partial charge in [0.25, 0.3) is 0 Å². The van der Waals surface area contributed by atoms with Gasteiger partial charge in [0, 0.05) is 49.3 Å². The summed E-state index contributed by atoms with van der Waals surface area (Å²) in [5, 5.41) is 3.45. The fourth-order valence-electron chi connectivity index (χ4n) is 3.58. The molecule has 1 aromatic heterocycles. The van der Waals surface area contributed by atoms with Crippen LogP contribution in [0.1, 0.15) is 16.8 Å². The standard InChI is InChI=1S/C23H26FN5/c1-16-4-5-17(2)21(14-16)26-22-15-18(3)25-23(27-22)29-12-10-28(11-13-29)20-8-6-19(24)7-9-20/h4-9,14-15H,10-13H2,1-3H3,(H,25,26,27).